The highest BCUT2D eigenvalue weighted by Crippen LogP contribution is 2.38. The molecular weight excluding hydrogens is 400 g/mol. The Labute approximate surface area is 179 Å². The Hall–Kier alpha value is -2.45. The summed E-state index contributed by atoms with van der Waals surface area (Å²) < 4.78 is 20.0. The average molecular weight is 429 g/mol. The van der Waals surface area contributed by atoms with E-state index in [0.29, 0.717) is 5.88 Å². The summed E-state index contributed by atoms with van der Waals surface area (Å²) in [5, 5.41) is 2.94. The highest BCUT2D eigenvalue weighted by Gasteiger charge is 2.22. The van der Waals surface area contributed by atoms with E-state index in [1.807, 2.05) is 18.2 Å². The monoisotopic (exact) mass is 428 g/mol. The molecule has 2 aromatic rings. The summed E-state index contributed by atoms with van der Waals surface area (Å²) in [6.07, 6.45) is 8.32. The molecule has 2 amide bonds. The van der Waals surface area contributed by atoms with Crippen LogP contribution in [0, 0.1) is 0 Å². The van der Waals surface area contributed by atoms with Crippen LogP contribution < -0.4 is 14.8 Å². The first-order valence-corrected chi connectivity index (χ1v) is 11.9. The predicted octanol–water partition coefficient (Wildman–Crippen LogP) is 3.13. The SMILES string of the molecule is CN1CCC(Oc2cc(-c3ccc4c(c3NC(=O)NS(C)=O)CCC4)ccn2)CC1. The molecule has 1 aliphatic heterocycles. The molecule has 1 fully saturated rings. The van der Waals surface area contributed by atoms with Gasteiger partial charge in [-0.05, 0) is 61.9 Å². The number of nitrogens with one attached hydrogen (secondary N) is 2. The first-order chi connectivity index (χ1) is 14.5. The van der Waals surface area contributed by atoms with E-state index in [2.05, 4.69) is 33.0 Å². The molecule has 2 N–H and O–H groups in total. The maximum atomic E-state index is 12.3. The smallest absolute Gasteiger partial charge is 0.331 e. The van der Waals surface area contributed by atoms with Gasteiger partial charge in [-0.3, -0.25) is 4.72 Å². The molecular formula is C22H28N4O3S. The van der Waals surface area contributed by atoms with Crippen LogP contribution in [0.25, 0.3) is 11.1 Å². The Morgan fingerprint density at radius 3 is 2.80 bits per heavy atom. The number of rotatable bonds is 5. The summed E-state index contributed by atoms with van der Waals surface area (Å²) in [5.41, 5.74) is 5.05. The van der Waals surface area contributed by atoms with Gasteiger partial charge >= 0.3 is 6.03 Å². The van der Waals surface area contributed by atoms with Crippen molar-refractivity contribution >= 4 is 22.7 Å². The number of nitrogens with zero attached hydrogens (tertiary/aromatic N) is 2. The number of aromatic nitrogens is 1. The Morgan fingerprint density at radius 1 is 1.23 bits per heavy atom. The van der Waals surface area contributed by atoms with Gasteiger partial charge in [0.05, 0.1) is 5.69 Å². The Kier molecular flexibility index (Phi) is 6.34. The minimum Gasteiger partial charge on any atom is -0.474 e. The van der Waals surface area contributed by atoms with Crippen LogP contribution in [-0.2, 0) is 23.8 Å². The van der Waals surface area contributed by atoms with E-state index in [1.165, 1.54) is 11.8 Å². The van der Waals surface area contributed by atoms with E-state index < -0.39 is 17.0 Å². The summed E-state index contributed by atoms with van der Waals surface area (Å²) in [5.74, 6) is 0.604. The third-order valence-electron chi connectivity index (χ3n) is 5.76. The van der Waals surface area contributed by atoms with Crippen molar-refractivity contribution in [1.82, 2.24) is 14.6 Å². The fourth-order valence-corrected chi connectivity index (χ4v) is 4.55. The van der Waals surface area contributed by atoms with Gasteiger partial charge in [-0.25, -0.2) is 14.0 Å². The lowest BCUT2D eigenvalue weighted by Crippen LogP contribution is -2.35. The summed E-state index contributed by atoms with van der Waals surface area (Å²) in [4.78, 5) is 19.0. The van der Waals surface area contributed by atoms with E-state index in [0.717, 1.165) is 67.6 Å². The molecule has 4 rings (SSSR count). The van der Waals surface area contributed by atoms with Gasteiger partial charge in [0, 0.05) is 37.2 Å². The fraction of sp³-hybridized carbons (Fsp3) is 0.455. The van der Waals surface area contributed by atoms with Crippen molar-refractivity contribution < 1.29 is 13.7 Å². The van der Waals surface area contributed by atoms with Crippen LogP contribution >= 0.6 is 0 Å². The lowest BCUT2D eigenvalue weighted by molar-refractivity contribution is 0.110. The molecule has 0 bridgehead atoms. The molecule has 30 heavy (non-hydrogen) atoms. The number of piperidine rings is 1. The highest BCUT2D eigenvalue weighted by atomic mass is 32.2. The van der Waals surface area contributed by atoms with Crippen molar-refractivity contribution in [3.63, 3.8) is 0 Å². The average Bonchev–Trinajstić information content (AvgIpc) is 3.19. The van der Waals surface area contributed by atoms with Gasteiger partial charge < -0.3 is 15.0 Å². The zero-order valence-electron chi connectivity index (χ0n) is 17.4. The lowest BCUT2D eigenvalue weighted by Gasteiger charge is -2.29. The quantitative estimate of drug-likeness (QED) is 0.765. The van der Waals surface area contributed by atoms with Gasteiger partial charge in [0.1, 0.15) is 17.1 Å². The van der Waals surface area contributed by atoms with E-state index in [-0.39, 0.29) is 6.10 Å². The van der Waals surface area contributed by atoms with Crippen LogP contribution in [-0.4, -0.2) is 52.6 Å². The number of pyridine rings is 1. The molecule has 0 saturated carbocycles. The van der Waals surface area contributed by atoms with Crippen LogP contribution in [0.1, 0.15) is 30.4 Å². The van der Waals surface area contributed by atoms with Gasteiger partial charge in [-0.1, -0.05) is 12.1 Å². The summed E-state index contributed by atoms with van der Waals surface area (Å²) in [6, 6.07) is 7.58. The van der Waals surface area contributed by atoms with Crippen molar-refractivity contribution in [3.8, 4) is 17.0 Å². The molecule has 8 heteroatoms. The van der Waals surface area contributed by atoms with Crippen molar-refractivity contribution in [2.24, 2.45) is 0 Å². The maximum absolute atomic E-state index is 12.3. The van der Waals surface area contributed by atoms with Crippen molar-refractivity contribution in [2.45, 2.75) is 38.2 Å². The van der Waals surface area contributed by atoms with Gasteiger partial charge in [0.25, 0.3) is 0 Å². The minimum atomic E-state index is -1.42. The molecule has 0 spiro atoms. The third kappa shape index (κ3) is 4.82. The third-order valence-corrected chi connectivity index (χ3v) is 6.23. The molecule has 160 valence electrons. The zero-order valence-corrected chi connectivity index (χ0v) is 18.3. The number of carbonyl (C=O) groups excluding carboxylic acids is 1. The molecule has 1 aromatic heterocycles. The van der Waals surface area contributed by atoms with E-state index in [9.17, 15) is 9.00 Å². The first-order valence-electron chi connectivity index (χ1n) is 10.4. The van der Waals surface area contributed by atoms with Gasteiger partial charge in [0.15, 0.2) is 0 Å². The lowest BCUT2D eigenvalue weighted by atomic mass is 9.98. The van der Waals surface area contributed by atoms with E-state index in [4.69, 9.17) is 4.74 Å². The normalized spacial score (nSPS) is 17.9. The number of hydrogen-bond donors (Lipinski definition) is 2. The van der Waals surface area contributed by atoms with Crippen LogP contribution in [0.4, 0.5) is 10.5 Å². The van der Waals surface area contributed by atoms with Gasteiger partial charge in [-0.15, -0.1) is 0 Å². The largest absolute Gasteiger partial charge is 0.474 e. The second-order valence-corrected chi connectivity index (χ2v) is 9.11. The predicted molar refractivity (Wildman–Crippen MR) is 119 cm³/mol. The summed E-state index contributed by atoms with van der Waals surface area (Å²) in [7, 11) is 0.702. The number of urea groups is 1. The second-order valence-electron chi connectivity index (χ2n) is 7.99. The highest BCUT2D eigenvalue weighted by molar-refractivity contribution is 7.82. The molecule has 1 aromatic carbocycles. The van der Waals surface area contributed by atoms with E-state index >= 15 is 0 Å². The Morgan fingerprint density at radius 2 is 2.03 bits per heavy atom. The second kappa shape index (κ2) is 9.14. The molecule has 1 atom stereocenters. The molecule has 1 saturated heterocycles. The number of benzene rings is 1. The fourth-order valence-electron chi connectivity index (χ4n) is 4.23. The summed E-state index contributed by atoms with van der Waals surface area (Å²) >= 11 is 0. The molecule has 1 aliphatic carbocycles. The zero-order chi connectivity index (χ0) is 21.1. The van der Waals surface area contributed by atoms with Crippen LogP contribution in [0.3, 0.4) is 0 Å². The number of fused-ring (bicyclic) bond motifs is 1. The van der Waals surface area contributed by atoms with Crippen molar-refractivity contribution in [1.29, 1.82) is 0 Å². The van der Waals surface area contributed by atoms with Crippen molar-refractivity contribution in [3.05, 3.63) is 41.6 Å². The molecule has 2 aliphatic rings. The van der Waals surface area contributed by atoms with Crippen molar-refractivity contribution in [2.75, 3.05) is 31.7 Å². The maximum Gasteiger partial charge on any atom is 0.331 e. The van der Waals surface area contributed by atoms with Crippen LogP contribution in [0.2, 0.25) is 0 Å². The first kappa shape index (κ1) is 20.8. The number of aryl methyl sites for hydroxylation is 1. The van der Waals surface area contributed by atoms with E-state index in [1.54, 1.807) is 6.20 Å². The number of carbonyl (C=O) groups is 1. The Bertz CT molecular complexity index is 957. The standard InChI is InChI=1S/C22H28N4O3S/c1-26-12-9-17(10-13-26)29-20-14-16(8-11-23-20)19-7-6-15-4-3-5-18(15)21(19)24-22(27)25-30(2)28/h6-8,11,14,17H,3-5,9-10,12-13H2,1-2H3,(H2,24,25,27). The number of hydrogen-bond acceptors (Lipinski definition) is 5. The number of amides is 2. The molecule has 2 heterocycles. The van der Waals surface area contributed by atoms with Gasteiger partial charge in [0.2, 0.25) is 5.88 Å². The molecule has 7 nitrogen and oxygen atoms in total. The molecule has 1 unspecified atom stereocenters. The number of anilines is 1. The number of likely N-dealkylation sites (tertiary alicyclic amines) is 1. The summed E-state index contributed by atoms with van der Waals surface area (Å²) in [6.45, 7) is 2.05. The van der Waals surface area contributed by atoms with Crippen LogP contribution in [0.15, 0.2) is 30.5 Å². The molecule has 0 radical (unpaired) electrons. The van der Waals surface area contributed by atoms with Gasteiger partial charge in [-0.2, -0.15) is 0 Å². The topological polar surface area (TPSA) is 83.6 Å². The minimum absolute atomic E-state index is 0.173. The Balaban J connectivity index is 1.62. The van der Waals surface area contributed by atoms with Crippen LogP contribution in [0.5, 0.6) is 5.88 Å². The number of ether oxygens (including phenoxy) is 1.